The lowest BCUT2D eigenvalue weighted by atomic mass is 9.92. The van der Waals surface area contributed by atoms with E-state index in [-0.39, 0.29) is 23.2 Å². The van der Waals surface area contributed by atoms with Gasteiger partial charge in [-0.3, -0.25) is 9.59 Å². The number of anilines is 1. The summed E-state index contributed by atoms with van der Waals surface area (Å²) in [4.78, 5) is 29.5. The Bertz CT molecular complexity index is 1270. The van der Waals surface area contributed by atoms with Crippen LogP contribution in [0.5, 0.6) is 5.75 Å². The summed E-state index contributed by atoms with van der Waals surface area (Å²) in [5.41, 5.74) is 3.39. The number of ether oxygens (including phenoxy) is 2. The Morgan fingerprint density at radius 1 is 1.00 bits per heavy atom. The van der Waals surface area contributed by atoms with Crippen LogP contribution in [0.2, 0.25) is 0 Å². The average molecular weight is 503 g/mol. The molecule has 0 spiro atoms. The molecule has 6 nitrogen and oxygen atoms in total. The zero-order valence-electron chi connectivity index (χ0n) is 21.3. The number of benzene rings is 3. The molecule has 4 rings (SSSR count). The van der Waals surface area contributed by atoms with Crippen LogP contribution in [-0.2, 0) is 9.53 Å². The quantitative estimate of drug-likeness (QED) is 0.269. The van der Waals surface area contributed by atoms with Crippen LogP contribution in [0, 0.1) is 12.7 Å². The van der Waals surface area contributed by atoms with E-state index in [0.717, 1.165) is 5.56 Å². The van der Waals surface area contributed by atoms with Crippen molar-refractivity contribution in [3.63, 3.8) is 0 Å². The highest BCUT2D eigenvalue weighted by Gasteiger charge is 2.43. The number of hydrogen-bond donors (Lipinski definition) is 1. The van der Waals surface area contributed by atoms with E-state index in [4.69, 9.17) is 9.47 Å². The highest BCUT2D eigenvalue weighted by molar-refractivity contribution is 6.18. The molecule has 3 aromatic carbocycles. The number of aryl methyl sites for hydroxylation is 1. The lowest BCUT2D eigenvalue weighted by molar-refractivity contribution is -0.127. The summed E-state index contributed by atoms with van der Waals surface area (Å²) in [6, 6.07) is 19.7. The summed E-state index contributed by atoms with van der Waals surface area (Å²) in [6.07, 6.45) is 0.586. The molecule has 0 bridgehead atoms. The van der Waals surface area contributed by atoms with Crippen LogP contribution in [0.25, 0.3) is 0 Å². The van der Waals surface area contributed by atoms with Crippen molar-refractivity contribution >= 4 is 17.4 Å². The van der Waals surface area contributed by atoms with Crippen molar-refractivity contribution in [1.82, 2.24) is 4.90 Å². The third kappa shape index (κ3) is 5.89. The van der Waals surface area contributed by atoms with Gasteiger partial charge in [0.2, 0.25) is 0 Å². The molecule has 0 radical (unpaired) electrons. The van der Waals surface area contributed by atoms with E-state index in [2.05, 4.69) is 5.32 Å². The minimum Gasteiger partial charge on any atom is -0.494 e. The van der Waals surface area contributed by atoms with Crippen LogP contribution in [0.1, 0.15) is 40.9 Å². The summed E-state index contributed by atoms with van der Waals surface area (Å²) in [7, 11) is 1.60. The van der Waals surface area contributed by atoms with E-state index in [1.54, 1.807) is 48.4 Å². The first kappa shape index (κ1) is 26.1. The van der Waals surface area contributed by atoms with E-state index in [9.17, 15) is 14.0 Å². The van der Waals surface area contributed by atoms with Gasteiger partial charge in [-0.15, -0.1) is 0 Å². The van der Waals surface area contributed by atoms with Gasteiger partial charge in [0.25, 0.3) is 5.91 Å². The number of nitrogens with one attached hydrogen (secondary N) is 1. The Morgan fingerprint density at radius 3 is 2.30 bits per heavy atom. The summed E-state index contributed by atoms with van der Waals surface area (Å²) in [5, 5.41) is 3.22. The number of carbonyl (C=O) groups excluding carboxylic acids is 2. The van der Waals surface area contributed by atoms with Gasteiger partial charge in [-0.05, 0) is 74.4 Å². The summed E-state index contributed by atoms with van der Waals surface area (Å²) in [5.74, 6) is -0.306. The number of methoxy groups -OCH3 is 1. The minimum absolute atomic E-state index is 0.217. The molecule has 1 N–H and O–H groups in total. The predicted octanol–water partition coefficient (Wildman–Crippen LogP) is 5.70. The fourth-order valence-electron chi connectivity index (χ4n) is 4.43. The second-order valence-corrected chi connectivity index (χ2v) is 8.87. The molecule has 7 heteroatoms. The smallest absolute Gasteiger partial charge is 0.271 e. The normalized spacial score (nSPS) is 15.3. The number of hydrogen-bond acceptors (Lipinski definition) is 5. The van der Waals surface area contributed by atoms with Gasteiger partial charge < -0.3 is 19.7 Å². The van der Waals surface area contributed by atoms with Gasteiger partial charge in [-0.1, -0.05) is 29.8 Å². The Hall–Kier alpha value is -3.97. The van der Waals surface area contributed by atoms with E-state index < -0.39 is 6.04 Å². The maximum absolute atomic E-state index is 14.0. The maximum atomic E-state index is 14.0. The molecule has 0 aliphatic carbocycles. The molecule has 1 atom stereocenters. The number of carbonyl (C=O) groups is 2. The Morgan fingerprint density at radius 2 is 1.68 bits per heavy atom. The molecule has 1 aliphatic rings. The third-order valence-electron chi connectivity index (χ3n) is 6.26. The van der Waals surface area contributed by atoms with Crippen molar-refractivity contribution in [3.05, 3.63) is 107 Å². The van der Waals surface area contributed by atoms with Gasteiger partial charge >= 0.3 is 0 Å². The van der Waals surface area contributed by atoms with Crippen molar-refractivity contribution in [2.45, 2.75) is 26.3 Å². The van der Waals surface area contributed by atoms with Crippen LogP contribution < -0.4 is 10.1 Å². The fourth-order valence-corrected chi connectivity index (χ4v) is 4.43. The molecule has 1 amide bonds. The van der Waals surface area contributed by atoms with Crippen LogP contribution in [-0.4, -0.2) is 43.5 Å². The van der Waals surface area contributed by atoms with Gasteiger partial charge in [-0.2, -0.15) is 0 Å². The van der Waals surface area contributed by atoms with Gasteiger partial charge in [0, 0.05) is 31.5 Å². The van der Waals surface area contributed by atoms with Gasteiger partial charge in [0.1, 0.15) is 17.3 Å². The Labute approximate surface area is 216 Å². The highest BCUT2D eigenvalue weighted by Crippen LogP contribution is 2.40. The molecule has 0 unspecified atom stereocenters. The first-order valence-electron chi connectivity index (χ1n) is 12.3. The van der Waals surface area contributed by atoms with E-state index >= 15 is 0 Å². The molecule has 192 valence electrons. The molecule has 1 heterocycles. The lowest BCUT2D eigenvalue weighted by Crippen LogP contribution is -2.33. The first-order valence-corrected chi connectivity index (χ1v) is 12.3. The van der Waals surface area contributed by atoms with Crippen LogP contribution in [0.4, 0.5) is 10.1 Å². The van der Waals surface area contributed by atoms with E-state index in [1.807, 2.05) is 38.1 Å². The number of ketones is 1. The molecule has 0 fully saturated rings. The van der Waals surface area contributed by atoms with Crippen molar-refractivity contribution < 1.29 is 23.5 Å². The molecular weight excluding hydrogens is 471 g/mol. The molecule has 37 heavy (non-hydrogen) atoms. The van der Waals surface area contributed by atoms with E-state index in [1.165, 1.54) is 12.1 Å². The topological polar surface area (TPSA) is 67.9 Å². The van der Waals surface area contributed by atoms with E-state index in [0.29, 0.717) is 54.3 Å². The molecule has 0 aromatic heterocycles. The number of amides is 1. The van der Waals surface area contributed by atoms with Crippen molar-refractivity contribution in [2.24, 2.45) is 0 Å². The van der Waals surface area contributed by atoms with Gasteiger partial charge in [-0.25, -0.2) is 4.39 Å². The average Bonchev–Trinajstić information content (AvgIpc) is 3.17. The summed E-state index contributed by atoms with van der Waals surface area (Å²) in [6.45, 7) is 5.21. The lowest BCUT2D eigenvalue weighted by Gasteiger charge is -2.27. The standard InChI is InChI=1S/C30H31FN2O4/c1-4-37-25-16-10-22(11-17-25)29(34)26-27(32-24-14-6-20(2)7-15-24)30(35)33(18-5-19-36-3)28(26)21-8-12-23(31)13-9-21/h6-17,28,32H,4-5,18-19H2,1-3H3/t28-/m0/s1. The largest absolute Gasteiger partial charge is 0.494 e. The van der Waals surface area contributed by atoms with Crippen molar-refractivity contribution in [3.8, 4) is 5.75 Å². The minimum atomic E-state index is -0.683. The molecular formula is C30H31FN2O4. The van der Waals surface area contributed by atoms with Crippen LogP contribution in [0.15, 0.2) is 84.1 Å². The molecule has 3 aromatic rings. The first-order chi connectivity index (χ1) is 17.9. The number of halogens is 1. The maximum Gasteiger partial charge on any atom is 0.271 e. The summed E-state index contributed by atoms with van der Waals surface area (Å²) < 4.78 is 24.5. The fraction of sp³-hybridized carbons (Fsp3) is 0.267. The Balaban J connectivity index is 1.82. The van der Waals surface area contributed by atoms with Crippen molar-refractivity contribution in [1.29, 1.82) is 0 Å². The zero-order chi connectivity index (χ0) is 26.4. The molecule has 1 aliphatic heterocycles. The summed E-state index contributed by atoms with van der Waals surface area (Å²) >= 11 is 0. The second kappa shape index (κ2) is 11.8. The number of Topliss-reactive ketones (excluding diaryl/α,β-unsaturated/α-hetero) is 1. The zero-order valence-corrected chi connectivity index (χ0v) is 21.3. The number of nitrogens with zero attached hydrogens (tertiary/aromatic N) is 1. The predicted molar refractivity (Wildman–Crippen MR) is 141 cm³/mol. The van der Waals surface area contributed by atoms with Crippen LogP contribution in [0.3, 0.4) is 0 Å². The van der Waals surface area contributed by atoms with Crippen LogP contribution >= 0.6 is 0 Å². The second-order valence-electron chi connectivity index (χ2n) is 8.87. The van der Waals surface area contributed by atoms with Gasteiger partial charge in [0.05, 0.1) is 18.2 Å². The SMILES string of the molecule is CCOc1ccc(C(=O)C2=C(Nc3ccc(C)cc3)C(=O)N(CCCOC)[C@H]2c2ccc(F)cc2)cc1. The highest BCUT2D eigenvalue weighted by atomic mass is 19.1. The van der Waals surface area contributed by atoms with Gasteiger partial charge in [0.15, 0.2) is 5.78 Å². The van der Waals surface area contributed by atoms with Crippen molar-refractivity contribution in [2.75, 3.05) is 32.2 Å². The molecule has 0 saturated heterocycles. The molecule has 0 saturated carbocycles. The monoisotopic (exact) mass is 502 g/mol. The number of rotatable bonds is 11. The Kier molecular flexibility index (Phi) is 8.36. The third-order valence-corrected chi connectivity index (χ3v) is 6.26.